The molecule has 1 N–H and O–H groups in total. The number of nitrogens with zero attached hydrogens (tertiary/aromatic N) is 1. The Morgan fingerprint density at radius 1 is 1.29 bits per heavy atom. The first-order valence-electron chi connectivity index (χ1n) is 6.36. The molecule has 0 amide bonds. The van der Waals surface area contributed by atoms with Crippen molar-refractivity contribution >= 4 is 11.7 Å². The molecule has 1 atom stereocenters. The summed E-state index contributed by atoms with van der Waals surface area (Å²) in [6.07, 6.45) is 4.17. The average molecular weight is 231 g/mol. The van der Waals surface area contributed by atoms with Crippen LogP contribution in [0.25, 0.3) is 0 Å². The van der Waals surface area contributed by atoms with E-state index in [4.69, 9.17) is 0 Å². The SMILES string of the molecule is O=C(O)C1CCc2ccc(N3CCCC3)cc21. The highest BCUT2D eigenvalue weighted by atomic mass is 16.4. The summed E-state index contributed by atoms with van der Waals surface area (Å²) in [7, 11) is 0. The number of carboxylic acids is 1. The third kappa shape index (κ3) is 1.79. The van der Waals surface area contributed by atoms with Crippen molar-refractivity contribution < 1.29 is 9.90 Å². The molecule has 0 aromatic heterocycles. The summed E-state index contributed by atoms with van der Waals surface area (Å²) in [5.41, 5.74) is 3.47. The van der Waals surface area contributed by atoms with E-state index < -0.39 is 5.97 Å². The molecule has 1 unspecified atom stereocenters. The molecule has 3 nitrogen and oxygen atoms in total. The van der Waals surface area contributed by atoms with Gasteiger partial charge in [-0.2, -0.15) is 0 Å². The summed E-state index contributed by atoms with van der Waals surface area (Å²) >= 11 is 0. The van der Waals surface area contributed by atoms with E-state index in [1.54, 1.807) is 0 Å². The number of aryl methyl sites for hydroxylation is 1. The largest absolute Gasteiger partial charge is 0.481 e. The van der Waals surface area contributed by atoms with Gasteiger partial charge in [-0.05, 0) is 48.9 Å². The summed E-state index contributed by atoms with van der Waals surface area (Å²) in [6.45, 7) is 2.22. The van der Waals surface area contributed by atoms with Gasteiger partial charge in [0.2, 0.25) is 0 Å². The van der Waals surface area contributed by atoms with Gasteiger partial charge in [0.15, 0.2) is 0 Å². The molecule has 1 aliphatic carbocycles. The first kappa shape index (κ1) is 10.6. The highest BCUT2D eigenvalue weighted by Crippen LogP contribution is 2.36. The standard InChI is InChI=1S/C14H17NO2/c16-14(17)12-6-4-10-3-5-11(9-13(10)12)15-7-1-2-8-15/h3,5,9,12H,1-2,4,6-8H2,(H,16,17). The lowest BCUT2D eigenvalue weighted by Gasteiger charge is -2.19. The molecule has 90 valence electrons. The fraction of sp³-hybridized carbons (Fsp3) is 0.500. The molecular formula is C14H17NO2. The predicted octanol–water partition coefficient (Wildman–Crippen LogP) is 2.40. The molecule has 0 bridgehead atoms. The van der Waals surface area contributed by atoms with E-state index in [9.17, 15) is 9.90 Å². The van der Waals surface area contributed by atoms with Crippen molar-refractivity contribution in [3.05, 3.63) is 29.3 Å². The van der Waals surface area contributed by atoms with Gasteiger partial charge in [-0.3, -0.25) is 4.79 Å². The summed E-state index contributed by atoms with van der Waals surface area (Å²) in [6, 6.07) is 6.37. The minimum absolute atomic E-state index is 0.285. The Hall–Kier alpha value is -1.51. The maximum atomic E-state index is 11.2. The first-order valence-corrected chi connectivity index (χ1v) is 6.36. The number of rotatable bonds is 2. The van der Waals surface area contributed by atoms with E-state index in [1.165, 1.54) is 24.1 Å². The first-order chi connectivity index (χ1) is 8.25. The van der Waals surface area contributed by atoms with Crippen LogP contribution in [0.2, 0.25) is 0 Å². The number of anilines is 1. The monoisotopic (exact) mass is 231 g/mol. The minimum Gasteiger partial charge on any atom is -0.481 e. The number of benzene rings is 1. The number of hydrogen-bond donors (Lipinski definition) is 1. The third-order valence-corrected chi connectivity index (χ3v) is 3.98. The molecule has 0 saturated carbocycles. The van der Waals surface area contributed by atoms with Gasteiger partial charge in [-0.15, -0.1) is 0 Å². The van der Waals surface area contributed by atoms with Gasteiger partial charge in [0.05, 0.1) is 5.92 Å². The smallest absolute Gasteiger partial charge is 0.310 e. The summed E-state index contributed by atoms with van der Waals surface area (Å²) < 4.78 is 0. The van der Waals surface area contributed by atoms with E-state index in [0.29, 0.717) is 0 Å². The van der Waals surface area contributed by atoms with Crippen molar-refractivity contribution in [1.29, 1.82) is 0 Å². The molecule has 1 aromatic rings. The van der Waals surface area contributed by atoms with Crippen LogP contribution in [-0.4, -0.2) is 24.2 Å². The maximum absolute atomic E-state index is 11.2. The van der Waals surface area contributed by atoms with Crippen LogP contribution in [0.5, 0.6) is 0 Å². The van der Waals surface area contributed by atoms with E-state index in [-0.39, 0.29) is 5.92 Å². The van der Waals surface area contributed by atoms with E-state index >= 15 is 0 Å². The van der Waals surface area contributed by atoms with Crippen molar-refractivity contribution in [2.24, 2.45) is 0 Å². The fourth-order valence-electron chi connectivity index (χ4n) is 3.02. The van der Waals surface area contributed by atoms with Crippen LogP contribution in [0, 0.1) is 0 Å². The molecule has 1 heterocycles. The Balaban J connectivity index is 1.94. The van der Waals surface area contributed by atoms with Gasteiger partial charge in [-0.25, -0.2) is 0 Å². The Bertz CT molecular complexity index is 450. The Kier molecular flexibility index (Phi) is 2.54. The second kappa shape index (κ2) is 4.06. The number of aliphatic carboxylic acids is 1. The van der Waals surface area contributed by atoms with E-state index in [1.807, 2.05) is 0 Å². The van der Waals surface area contributed by atoms with E-state index in [0.717, 1.165) is 31.5 Å². The topological polar surface area (TPSA) is 40.5 Å². The molecule has 1 aromatic carbocycles. The second-order valence-electron chi connectivity index (χ2n) is 5.01. The average Bonchev–Trinajstić information content (AvgIpc) is 2.97. The van der Waals surface area contributed by atoms with Crippen molar-refractivity contribution in [3.63, 3.8) is 0 Å². The lowest BCUT2D eigenvalue weighted by molar-refractivity contribution is -0.138. The van der Waals surface area contributed by atoms with Gasteiger partial charge in [0.25, 0.3) is 0 Å². The zero-order valence-electron chi connectivity index (χ0n) is 9.85. The van der Waals surface area contributed by atoms with E-state index in [2.05, 4.69) is 23.1 Å². The van der Waals surface area contributed by atoms with Gasteiger partial charge in [0.1, 0.15) is 0 Å². The molecule has 1 aliphatic heterocycles. The second-order valence-corrected chi connectivity index (χ2v) is 5.01. The normalized spacial score (nSPS) is 22.8. The summed E-state index contributed by atoms with van der Waals surface area (Å²) in [4.78, 5) is 13.5. The third-order valence-electron chi connectivity index (χ3n) is 3.98. The van der Waals surface area contributed by atoms with Crippen LogP contribution >= 0.6 is 0 Å². The van der Waals surface area contributed by atoms with Crippen LogP contribution in [0.3, 0.4) is 0 Å². The number of carboxylic acid groups (broad SMARTS) is 1. The lowest BCUT2D eigenvalue weighted by atomic mass is 10.0. The number of carbonyl (C=O) groups is 1. The summed E-state index contributed by atoms with van der Waals surface area (Å²) in [5, 5.41) is 9.20. The molecule has 0 spiro atoms. The highest BCUT2D eigenvalue weighted by molar-refractivity contribution is 5.78. The number of hydrogen-bond acceptors (Lipinski definition) is 2. The minimum atomic E-state index is -0.678. The number of fused-ring (bicyclic) bond motifs is 1. The van der Waals surface area contributed by atoms with Crippen LogP contribution < -0.4 is 4.90 Å². The molecule has 1 fully saturated rings. The maximum Gasteiger partial charge on any atom is 0.310 e. The molecule has 17 heavy (non-hydrogen) atoms. The van der Waals surface area contributed by atoms with Crippen molar-refractivity contribution in [2.45, 2.75) is 31.6 Å². The van der Waals surface area contributed by atoms with Crippen LogP contribution in [0.4, 0.5) is 5.69 Å². The zero-order chi connectivity index (χ0) is 11.8. The quantitative estimate of drug-likeness (QED) is 0.849. The predicted molar refractivity (Wildman–Crippen MR) is 66.6 cm³/mol. The van der Waals surface area contributed by atoms with Crippen molar-refractivity contribution in [3.8, 4) is 0 Å². The van der Waals surface area contributed by atoms with Gasteiger partial charge in [-0.1, -0.05) is 6.07 Å². The fourth-order valence-corrected chi connectivity index (χ4v) is 3.02. The highest BCUT2D eigenvalue weighted by Gasteiger charge is 2.29. The molecule has 0 radical (unpaired) electrons. The van der Waals surface area contributed by atoms with Gasteiger partial charge in [0, 0.05) is 18.8 Å². The van der Waals surface area contributed by atoms with Crippen LogP contribution in [0.1, 0.15) is 36.3 Å². The van der Waals surface area contributed by atoms with Gasteiger partial charge < -0.3 is 10.0 Å². The van der Waals surface area contributed by atoms with Gasteiger partial charge >= 0.3 is 5.97 Å². The Morgan fingerprint density at radius 3 is 2.76 bits per heavy atom. The Labute approximate surface area is 101 Å². The molecular weight excluding hydrogens is 214 g/mol. The Morgan fingerprint density at radius 2 is 2.06 bits per heavy atom. The molecule has 2 aliphatic rings. The van der Waals surface area contributed by atoms with Crippen molar-refractivity contribution in [2.75, 3.05) is 18.0 Å². The molecule has 3 heteroatoms. The van der Waals surface area contributed by atoms with Crippen molar-refractivity contribution in [1.82, 2.24) is 0 Å². The van der Waals surface area contributed by atoms with Crippen LogP contribution in [-0.2, 0) is 11.2 Å². The molecule has 3 rings (SSSR count). The van der Waals surface area contributed by atoms with Crippen LogP contribution in [0.15, 0.2) is 18.2 Å². The lowest BCUT2D eigenvalue weighted by Crippen LogP contribution is -2.18. The zero-order valence-corrected chi connectivity index (χ0v) is 9.85. The molecule has 1 saturated heterocycles. The summed E-state index contributed by atoms with van der Waals surface area (Å²) in [5.74, 6) is -0.963.